The number of halogens is 1. The number of rotatable bonds is 1. The average molecular weight is 301 g/mol. The Morgan fingerprint density at radius 2 is 1.09 bits per heavy atom. The van der Waals surface area contributed by atoms with Gasteiger partial charge in [-0.2, -0.15) is 0 Å². The molecule has 0 aliphatic carbocycles. The third-order valence-corrected chi connectivity index (χ3v) is 5.05. The average Bonchev–Trinajstić information content (AvgIpc) is 2.59. The molecule has 0 radical (unpaired) electrons. The molecular formula is C21H13Cl. The lowest BCUT2D eigenvalue weighted by molar-refractivity contribution is 1.46. The van der Waals surface area contributed by atoms with E-state index in [-0.39, 0.29) is 0 Å². The van der Waals surface area contributed by atoms with Gasteiger partial charge in [0.2, 0.25) is 0 Å². The molecule has 0 heterocycles. The second-order valence-electron chi connectivity index (χ2n) is 5.84. The molecule has 104 valence electrons. The van der Waals surface area contributed by atoms with Crippen LogP contribution in [0.1, 0.15) is 5.56 Å². The summed E-state index contributed by atoms with van der Waals surface area (Å²) >= 11 is 6.15. The largest absolute Gasteiger partial charge is 0.122 e. The van der Waals surface area contributed by atoms with Crippen molar-refractivity contribution in [3.05, 3.63) is 72.3 Å². The summed E-state index contributed by atoms with van der Waals surface area (Å²) in [5, 5.41) is 10.6. The van der Waals surface area contributed by atoms with Gasteiger partial charge < -0.3 is 0 Å². The van der Waals surface area contributed by atoms with Gasteiger partial charge in [0.15, 0.2) is 0 Å². The summed E-state index contributed by atoms with van der Waals surface area (Å²) in [6, 6.07) is 24.1. The first kappa shape index (κ1) is 12.3. The SMILES string of the molecule is ClCc1ccc2c3cccc4cccc(c5cccc1c52)c43. The van der Waals surface area contributed by atoms with E-state index < -0.39 is 0 Å². The van der Waals surface area contributed by atoms with Gasteiger partial charge in [0.25, 0.3) is 0 Å². The maximum Gasteiger partial charge on any atom is 0.0480 e. The van der Waals surface area contributed by atoms with E-state index in [9.17, 15) is 0 Å². The molecule has 0 amide bonds. The van der Waals surface area contributed by atoms with E-state index in [1.165, 1.54) is 48.7 Å². The number of benzene rings is 5. The standard InChI is InChI=1S/C21H13Cl/c22-12-14-10-11-19-17-8-2-5-13-4-1-7-16(20(13)17)18-9-3-6-15(14)21(18)19/h1-11H,12H2. The maximum absolute atomic E-state index is 6.15. The van der Waals surface area contributed by atoms with Crippen LogP contribution < -0.4 is 0 Å². The number of fused-ring (bicyclic) bond motifs is 2. The first-order valence-electron chi connectivity index (χ1n) is 7.51. The zero-order valence-electron chi connectivity index (χ0n) is 11.9. The van der Waals surface area contributed by atoms with Crippen LogP contribution in [0.3, 0.4) is 0 Å². The molecule has 5 aromatic carbocycles. The predicted octanol–water partition coefficient (Wildman–Crippen LogP) is 6.48. The zero-order chi connectivity index (χ0) is 14.7. The highest BCUT2D eigenvalue weighted by Gasteiger charge is 2.13. The van der Waals surface area contributed by atoms with Crippen LogP contribution in [0.25, 0.3) is 43.1 Å². The predicted molar refractivity (Wildman–Crippen MR) is 97.2 cm³/mol. The van der Waals surface area contributed by atoms with Gasteiger partial charge in [0.05, 0.1) is 0 Å². The molecule has 5 aromatic rings. The lowest BCUT2D eigenvalue weighted by Gasteiger charge is -2.15. The molecule has 0 spiro atoms. The molecule has 0 aliphatic rings. The Hall–Kier alpha value is -2.31. The minimum atomic E-state index is 0.548. The van der Waals surface area contributed by atoms with E-state index >= 15 is 0 Å². The number of hydrogen-bond donors (Lipinski definition) is 0. The van der Waals surface area contributed by atoms with Crippen LogP contribution in [0.5, 0.6) is 0 Å². The van der Waals surface area contributed by atoms with Gasteiger partial charge in [-0.3, -0.25) is 0 Å². The summed E-state index contributed by atoms with van der Waals surface area (Å²) in [5.74, 6) is 0.548. The zero-order valence-corrected chi connectivity index (χ0v) is 12.7. The van der Waals surface area contributed by atoms with Crippen molar-refractivity contribution in [2.75, 3.05) is 0 Å². The van der Waals surface area contributed by atoms with Crippen LogP contribution in [0.4, 0.5) is 0 Å². The first-order chi connectivity index (χ1) is 10.9. The van der Waals surface area contributed by atoms with E-state index in [2.05, 4.69) is 66.7 Å². The number of hydrogen-bond acceptors (Lipinski definition) is 0. The highest BCUT2D eigenvalue weighted by Crippen LogP contribution is 2.40. The third-order valence-electron chi connectivity index (χ3n) is 4.76. The van der Waals surface area contributed by atoms with E-state index in [1.807, 2.05) is 0 Å². The molecular weight excluding hydrogens is 288 g/mol. The van der Waals surface area contributed by atoms with Crippen molar-refractivity contribution in [3.8, 4) is 0 Å². The smallest absolute Gasteiger partial charge is 0.0480 e. The van der Waals surface area contributed by atoms with Crippen molar-refractivity contribution in [2.45, 2.75) is 5.88 Å². The molecule has 0 saturated heterocycles. The fourth-order valence-corrected chi connectivity index (χ4v) is 4.06. The fraction of sp³-hybridized carbons (Fsp3) is 0.0476. The molecule has 22 heavy (non-hydrogen) atoms. The second-order valence-corrected chi connectivity index (χ2v) is 6.11. The minimum Gasteiger partial charge on any atom is -0.122 e. The Labute approximate surface area is 133 Å². The minimum absolute atomic E-state index is 0.548. The van der Waals surface area contributed by atoms with Crippen LogP contribution in [0.2, 0.25) is 0 Å². The summed E-state index contributed by atoms with van der Waals surface area (Å²) in [5.41, 5.74) is 1.20. The fourth-order valence-electron chi connectivity index (χ4n) is 3.82. The Kier molecular flexibility index (Phi) is 2.42. The highest BCUT2D eigenvalue weighted by molar-refractivity contribution is 6.33. The van der Waals surface area contributed by atoms with Crippen LogP contribution in [-0.4, -0.2) is 0 Å². The summed E-state index contributed by atoms with van der Waals surface area (Å²) in [7, 11) is 0. The molecule has 0 fully saturated rings. The molecule has 0 N–H and O–H groups in total. The summed E-state index contributed by atoms with van der Waals surface area (Å²) in [6.45, 7) is 0. The molecule has 0 unspecified atom stereocenters. The Morgan fingerprint density at radius 3 is 1.77 bits per heavy atom. The van der Waals surface area contributed by atoms with Gasteiger partial charge in [0.1, 0.15) is 0 Å². The Morgan fingerprint density at radius 1 is 0.545 bits per heavy atom. The Balaban J connectivity index is 2.23. The Bertz CT molecular complexity index is 1100. The van der Waals surface area contributed by atoms with Gasteiger partial charge in [-0.1, -0.05) is 66.7 Å². The van der Waals surface area contributed by atoms with E-state index in [0.717, 1.165) is 0 Å². The van der Waals surface area contributed by atoms with E-state index in [1.54, 1.807) is 0 Å². The molecule has 0 nitrogen and oxygen atoms in total. The normalized spacial score (nSPS) is 12.0. The van der Waals surface area contributed by atoms with Gasteiger partial charge in [0, 0.05) is 5.88 Å². The van der Waals surface area contributed by atoms with Crippen molar-refractivity contribution in [1.82, 2.24) is 0 Å². The van der Waals surface area contributed by atoms with E-state index in [0.29, 0.717) is 5.88 Å². The molecule has 5 rings (SSSR count). The van der Waals surface area contributed by atoms with Crippen LogP contribution in [0.15, 0.2) is 66.7 Å². The summed E-state index contributed by atoms with van der Waals surface area (Å²) in [6.07, 6.45) is 0. The van der Waals surface area contributed by atoms with Crippen molar-refractivity contribution >= 4 is 54.7 Å². The number of alkyl halides is 1. The lowest BCUT2D eigenvalue weighted by atomic mass is 9.89. The molecule has 0 bridgehead atoms. The van der Waals surface area contributed by atoms with Crippen molar-refractivity contribution in [1.29, 1.82) is 0 Å². The molecule has 0 aromatic heterocycles. The van der Waals surface area contributed by atoms with Gasteiger partial charge in [-0.25, -0.2) is 0 Å². The molecule has 0 aliphatic heterocycles. The molecule has 0 saturated carbocycles. The lowest BCUT2D eigenvalue weighted by Crippen LogP contribution is -1.89. The monoisotopic (exact) mass is 300 g/mol. The van der Waals surface area contributed by atoms with Crippen molar-refractivity contribution in [3.63, 3.8) is 0 Å². The van der Waals surface area contributed by atoms with E-state index in [4.69, 9.17) is 11.6 Å². The molecule has 0 atom stereocenters. The quantitative estimate of drug-likeness (QED) is 0.189. The topological polar surface area (TPSA) is 0 Å². The van der Waals surface area contributed by atoms with Gasteiger partial charge in [-0.15, -0.1) is 11.6 Å². The summed E-state index contributed by atoms with van der Waals surface area (Å²) in [4.78, 5) is 0. The highest BCUT2D eigenvalue weighted by atomic mass is 35.5. The van der Waals surface area contributed by atoms with Crippen LogP contribution in [-0.2, 0) is 5.88 Å². The second kappa shape index (κ2) is 4.34. The third kappa shape index (κ3) is 1.43. The van der Waals surface area contributed by atoms with Crippen LogP contribution in [0, 0.1) is 0 Å². The van der Waals surface area contributed by atoms with Crippen molar-refractivity contribution < 1.29 is 0 Å². The molecule has 1 heteroatoms. The summed E-state index contributed by atoms with van der Waals surface area (Å²) < 4.78 is 0. The van der Waals surface area contributed by atoms with Crippen molar-refractivity contribution in [2.24, 2.45) is 0 Å². The van der Waals surface area contributed by atoms with Crippen LogP contribution >= 0.6 is 11.6 Å². The first-order valence-corrected chi connectivity index (χ1v) is 8.05. The van der Waals surface area contributed by atoms with Gasteiger partial charge >= 0.3 is 0 Å². The van der Waals surface area contributed by atoms with Gasteiger partial charge in [-0.05, 0) is 48.7 Å². The maximum atomic E-state index is 6.15.